The van der Waals surface area contributed by atoms with Crippen LogP contribution in [0.5, 0.6) is 0 Å². The van der Waals surface area contributed by atoms with Crippen LogP contribution in [0.1, 0.15) is 12.7 Å². The van der Waals surface area contributed by atoms with E-state index in [-0.39, 0.29) is 18.2 Å². The summed E-state index contributed by atoms with van der Waals surface area (Å²) in [6.45, 7) is 4.03. The van der Waals surface area contributed by atoms with Crippen LogP contribution < -0.4 is 10.6 Å². The first-order valence-corrected chi connectivity index (χ1v) is 7.64. The van der Waals surface area contributed by atoms with Gasteiger partial charge < -0.3 is 10.2 Å². The van der Waals surface area contributed by atoms with E-state index in [4.69, 9.17) is 0 Å². The number of amides is 4. The molecule has 0 radical (unpaired) electrons. The molecular weight excluding hydrogens is 308 g/mol. The highest BCUT2D eigenvalue weighted by Gasteiger charge is 2.16. The Labute approximate surface area is 132 Å². The van der Waals surface area contributed by atoms with E-state index in [9.17, 15) is 14.4 Å². The predicted molar refractivity (Wildman–Crippen MR) is 81.4 cm³/mol. The van der Waals surface area contributed by atoms with Gasteiger partial charge >= 0.3 is 6.03 Å². The first kappa shape index (κ1) is 18.0. The molecule has 0 atom stereocenters. The second-order valence-electron chi connectivity index (χ2n) is 4.60. The topological polar surface area (TPSA) is 109 Å². The highest BCUT2D eigenvalue weighted by atomic mass is 32.2. The Hall–Kier alpha value is -2.10. The number of carbonyl (C=O) groups excluding carboxylic acids is 3. The molecule has 0 unspecified atom stereocenters. The highest BCUT2D eigenvalue weighted by Crippen LogP contribution is 2.16. The molecule has 4 amide bonds. The minimum atomic E-state index is -0.534. The molecule has 0 aliphatic carbocycles. The summed E-state index contributed by atoms with van der Waals surface area (Å²) in [5.41, 5.74) is 0. The molecule has 122 valence electrons. The minimum absolute atomic E-state index is 0.00538. The van der Waals surface area contributed by atoms with Crippen molar-refractivity contribution in [3.63, 3.8) is 0 Å². The van der Waals surface area contributed by atoms with E-state index in [0.717, 1.165) is 11.8 Å². The summed E-state index contributed by atoms with van der Waals surface area (Å²) in [4.78, 5) is 36.1. The number of urea groups is 1. The van der Waals surface area contributed by atoms with E-state index in [1.54, 1.807) is 32.5 Å². The number of thioether (sulfide) groups is 1. The third-order valence-corrected chi connectivity index (χ3v) is 3.58. The van der Waals surface area contributed by atoms with Crippen molar-refractivity contribution in [3.05, 3.63) is 5.82 Å². The molecule has 1 aromatic rings. The molecule has 1 rings (SSSR count). The molecule has 0 bridgehead atoms. The molecule has 0 fully saturated rings. The van der Waals surface area contributed by atoms with Crippen molar-refractivity contribution in [2.45, 2.75) is 25.5 Å². The van der Waals surface area contributed by atoms with Gasteiger partial charge in [-0.2, -0.15) is 0 Å². The van der Waals surface area contributed by atoms with Gasteiger partial charge in [-0.1, -0.05) is 11.8 Å². The zero-order valence-electron chi connectivity index (χ0n) is 13.0. The molecule has 1 heterocycles. The standard InChI is InChI=1S/C12H20N6O3S/c1-5-13-11(21)14-9(19)7-22-12-16-15-8(2)18(12)6-10(20)17(3)4/h5-7H2,1-4H3,(H2,13,14,19,21). The molecule has 0 aliphatic rings. The maximum absolute atomic E-state index is 11.8. The fraction of sp³-hybridized carbons (Fsp3) is 0.583. The molecule has 9 nitrogen and oxygen atoms in total. The van der Waals surface area contributed by atoms with Crippen LogP contribution in [0.15, 0.2) is 5.16 Å². The predicted octanol–water partition coefficient (Wildman–Crippen LogP) is -0.387. The van der Waals surface area contributed by atoms with Crippen LogP contribution in [0.25, 0.3) is 0 Å². The van der Waals surface area contributed by atoms with Crippen LogP contribution >= 0.6 is 11.8 Å². The number of imide groups is 1. The fourth-order valence-corrected chi connectivity index (χ4v) is 2.21. The molecule has 0 spiro atoms. The molecule has 2 N–H and O–H groups in total. The maximum Gasteiger partial charge on any atom is 0.321 e. The number of hydrogen-bond donors (Lipinski definition) is 2. The van der Waals surface area contributed by atoms with Crippen LogP contribution in [0.2, 0.25) is 0 Å². The lowest BCUT2D eigenvalue weighted by Gasteiger charge is -2.12. The Morgan fingerprint density at radius 1 is 1.27 bits per heavy atom. The Kier molecular flexibility index (Phi) is 6.83. The number of aryl methyl sites for hydroxylation is 1. The highest BCUT2D eigenvalue weighted by molar-refractivity contribution is 7.99. The summed E-state index contributed by atoms with van der Waals surface area (Å²) in [7, 11) is 3.32. The molecule has 0 saturated carbocycles. The van der Waals surface area contributed by atoms with E-state index in [2.05, 4.69) is 20.8 Å². The van der Waals surface area contributed by atoms with Gasteiger partial charge in [-0.15, -0.1) is 10.2 Å². The molecule has 22 heavy (non-hydrogen) atoms. The van der Waals surface area contributed by atoms with Gasteiger partial charge in [0.2, 0.25) is 11.8 Å². The normalized spacial score (nSPS) is 10.2. The first-order chi connectivity index (χ1) is 10.3. The maximum atomic E-state index is 11.8. The van der Waals surface area contributed by atoms with Gasteiger partial charge in [-0.3, -0.25) is 19.5 Å². The summed E-state index contributed by atoms with van der Waals surface area (Å²) < 4.78 is 1.63. The lowest BCUT2D eigenvalue weighted by Crippen LogP contribution is -2.40. The van der Waals surface area contributed by atoms with Crippen LogP contribution in [0.3, 0.4) is 0 Å². The summed E-state index contributed by atoms with van der Waals surface area (Å²) in [5, 5.41) is 13.0. The van der Waals surface area contributed by atoms with E-state index in [0.29, 0.717) is 17.5 Å². The van der Waals surface area contributed by atoms with Gasteiger partial charge in [0.05, 0.1) is 5.75 Å². The number of nitrogens with zero attached hydrogens (tertiary/aromatic N) is 4. The Bertz CT molecular complexity index is 557. The zero-order chi connectivity index (χ0) is 16.7. The van der Waals surface area contributed by atoms with Crippen molar-refractivity contribution >= 4 is 29.6 Å². The second kappa shape index (κ2) is 8.37. The number of rotatable bonds is 6. The number of carbonyl (C=O) groups is 3. The first-order valence-electron chi connectivity index (χ1n) is 6.65. The van der Waals surface area contributed by atoms with Gasteiger partial charge in [0, 0.05) is 20.6 Å². The van der Waals surface area contributed by atoms with Crippen LogP contribution in [0.4, 0.5) is 4.79 Å². The Balaban J connectivity index is 2.61. The smallest absolute Gasteiger partial charge is 0.321 e. The van der Waals surface area contributed by atoms with E-state index < -0.39 is 11.9 Å². The largest absolute Gasteiger partial charge is 0.347 e. The van der Waals surface area contributed by atoms with Crippen LogP contribution in [-0.4, -0.2) is 63.9 Å². The Morgan fingerprint density at radius 2 is 1.95 bits per heavy atom. The average molecular weight is 328 g/mol. The summed E-state index contributed by atoms with van der Waals surface area (Å²) >= 11 is 1.12. The molecule has 0 aliphatic heterocycles. The summed E-state index contributed by atoms with van der Waals surface area (Å²) in [6.07, 6.45) is 0. The van der Waals surface area contributed by atoms with Crippen LogP contribution in [-0.2, 0) is 16.1 Å². The van der Waals surface area contributed by atoms with Gasteiger partial charge in [-0.05, 0) is 13.8 Å². The summed E-state index contributed by atoms with van der Waals surface area (Å²) in [5.74, 6) is 0.0475. The van der Waals surface area contributed by atoms with Crippen molar-refractivity contribution < 1.29 is 14.4 Å². The third kappa shape index (κ3) is 5.35. The van der Waals surface area contributed by atoms with Crippen molar-refractivity contribution in [2.24, 2.45) is 0 Å². The Morgan fingerprint density at radius 3 is 2.55 bits per heavy atom. The minimum Gasteiger partial charge on any atom is -0.347 e. The van der Waals surface area contributed by atoms with Crippen molar-refractivity contribution in [3.8, 4) is 0 Å². The SMILES string of the molecule is CCNC(=O)NC(=O)CSc1nnc(C)n1CC(=O)N(C)C. The van der Waals surface area contributed by atoms with Crippen molar-refractivity contribution in [1.29, 1.82) is 0 Å². The molecular formula is C12H20N6O3S. The molecule has 0 aromatic carbocycles. The summed E-state index contributed by atoms with van der Waals surface area (Å²) in [6, 6.07) is -0.534. The number of likely N-dealkylation sites (N-methyl/N-ethyl adjacent to an activating group) is 1. The average Bonchev–Trinajstić information content (AvgIpc) is 2.77. The van der Waals surface area contributed by atoms with Gasteiger partial charge in [-0.25, -0.2) is 4.79 Å². The number of aromatic nitrogens is 3. The third-order valence-electron chi connectivity index (χ3n) is 2.62. The number of hydrogen-bond acceptors (Lipinski definition) is 6. The van der Waals surface area contributed by atoms with Crippen LogP contribution in [0, 0.1) is 6.92 Å². The van der Waals surface area contributed by atoms with Crippen molar-refractivity contribution in [2.75, 3.05) is 26.4 Å². The lowest BCUT2D eigenvalue weighted by atomic mass is 10.5. The lowest BCUT2D eigenvalue weighted by molar-refractivity contribution is -0.129. The monoisotopic (exact) mass is 328 g/mol. The second-order valence-corrected chi connectivity index (χ2v) is 5.54. The fourth-order valence-electron chi connectivity index (χ4n) is 1.42. The quantitative estimate of drug-likeness (QED) is 0.689. The molecule has 10 heteroatoms. The van der Waals surface area contributed by atoms with Crippen molar-refractivity contribution in [1.82, 2.24) is 30.3 Å². The zero-order valence-corrected chi connectivity index (χ0v) is 13.9. The van der Waals surface area contributed by atoms with Gasteiger partial charge in [0.1, 0.15) is 12.4 Å². The molecule has 0 saturated heterocycles. The van der Waals surface area contributed by atoms with E-state index in [1.165, 1.54) is 4.90 Å². The van der Waals surface area contributed by atoms with E-state index >= 15 is 0 Å². The van der Waals surface area contributed by atoms with Gasteiger partial charge in [0.15, 0.2) is 5.16 Å². The van der Waals surface area contributed by atoms with Gasteiger partial charge in [0.25, 0.3) is 0 Å². The molecule has 1 aromatic heterocycles. The van der Waals surface area contributed by atoms with E-state index in [1.807, 2.05) is 0 Å². The number of nitrogens with one attached hydrogen (secondary N) is 2.